The van der Waals surface area contributed by atoms with Gasteiger partial charge in [0, 0.05) is 0 Å². The van der Waals surface area contributed by atoms with Gasteiger partial charge >= 0.3 is 5.97 Å². The molecule has 0 heterocycles. The number of methoxy groups -OCH3 is 1. The molecule has 82 valence electrons. The first-order chi connectivity index (χ1) is 7.15. The Bertz CT molecular complexity index is 311. The predicted octanol–water partition coefficient (Wildman–Crippen LogP) is 2.96. The molecule has 0 fully saturated rings. The first-order valence-electron chi connectivity index (χ1n) is 4.92. The van der Waals surface area contributed by atoms with Crippen molar-refractivity contribution in [1.82, 2.24) is 0 Å². The SMILES string of the molecule is COC(=O)C(Cl)CC(C)c1ccccc1. The Balaban J connectivity index is 2.56. The van der Waals surface area contributed by atoms with E-state index in [-0.39, 0.29) is 11.9 Å². The molecule has 0 spiro atoms. The zero-order valence-corrected chi connectivity index (χ0v) is 9.70. The lowest BCUT2D eigenvalue weighted by Gasteiger charge is -2.14. The maximum atomic E-state index is 11.1. The van der Waals surface area contributed by atoms with Gasteiger partial charge in [0.15, 0.2) is 0 Å². The van der Waals surface area contributed by atoms with Gasteiger partial charge in [0.25, 0.3) is 0 Å². The summed E-state index contributed by atoms with van der Waals surface area (Å²) in [5, 5.41) is -0.565. The fourth-order valence-electron chi connectivity index (χ4n) is 1.45. The smallest absolute Gasteiger partial charge is 0.323 e. The van der Waals surface area contributed by atoms with Crippen molar-refractivity contribution in [2.75, 3.05) is 7.11 Å². The van der Waals surface area contributed by atoms with E-state index >= 15 is 0 Å². The molecule has 0 aromatic heterocycles. The van der Waals surface area contributed by atoms with Crippen LogP contribution in [0.5, 0.6) is 0 Å². The number of carbonyl (C=O) groups excluding carboxylic acids is 1. The van der Waals surface area contributed by atoms with Crippen molar-refractivity contribution < 1.29 is 9.53 Å². The van der Waals surface area contributed by atoms with E-state index in [0.29, 0.717) is 6.42 Å². The molecule has 1 rings (SSSR count). The molecular formula is C12H15ClO2. The number of alkyl halides is 1. The summed E-state index contributed by atoms with van der Waals surface area (Å²) >= 11 is 5.90. The molecule has 0 bridgehead atoms. The Labute approximate surface area is 95.2 Å². The molecule has 0 radical (unpaired) electrons. The van der Waals surface area contributed by atoms with Crippen LogP contribution in [0.2, 0.25) is 0 Å². The Hall–Kier alpha value is -1.02. The number of halogens is 1. The van der Waals surface area contributed by atoms with Crippen LogP contribution in [-0.2, 0) is 9.53 Å². The number of hydrogen-bond donors (Lipinski definition) is 0. The summed E-state index contributed by atoms with van der Waals surface area (Å²) in [6.45, 7) is 2.05. The first kappa shape index (κ1) is 12.1. The maximum Gasteiger partial charge on any atom is 0.323 e. The molecular weight excluding hydrogens is 212 g/mol. The van der Waals surface area contributed by atoms with Crippen LogP contribution < -0.4 is 0 Å². The van der Waals surface area contributed by atoms with Crippen LogP contribution in [0, 0.1) is 0 Å². The Morgan fingerprint density at radius 3 is 2.53 bits per heavy atom. The molecule has 1 aromatic carbocycles. The standard InChI is InChI=1S/C12H15ClO2/c1-9(8-11(13)12(14)15-2)10-6-4-3-5-7-10/h3-7,9,11H,8H2,1-2H3. The highest BCUT2D eigenvalue weighted by molar-refractivity contribution is 6.29. The molecule has 2 unspecified atom stereocenters. The van der Waals surface area contributed by atoms with Gasteiger partial charge < -0.3 is 4.74 Å². The highest BCUT2D eigenvalue weighted by atomic mass is 35.5. The van der Waals surface area contributed by atoms with Crippen molar-refractivity contribution >= 4 is 17.6 Å². The van der Waals surface area contributed by atoms with E-state index < -0.39 is 5.38 Å². The lowest BCUT2D eigenvalue weighted by Crippen LogP contribution is -2.18. The maximum absolute atomic E-state index is 11.1. The van der Waals surface area contributed by atoms with E-state index in [1.807, 2.05) is 37.3 Å². The monoisotopic (exact) mass is 226 g/mol. The van der Waals surface area contributed by atoms with Gasteiger partial charge in [-0.1, -0.05) is 37.3 Å². The minimum absolute atomic E-state index is 0.257. The van der Waals surface area contributed by atoms with Crippen molar-refractivity contribution in [3.05, 3.63) is 35.9 Å². The van der Waals surface area contributed by atoms with Crippen LogP contribution in [-0.4, -0.2) is 18.5 Å². The molecule has 2 nitrogen and oxygen atoms in total. The summed E-state index contributed by atoms with van der Waals surface area (Å²) in [5.41, 5.74) is 1.19. The van der Waals surface area contributed by atoms with Gasteiger partial charge in [-0.2, -0.15) is 0 Å². The zero-order chi connectivity index (χ0) is 11.3. The average Bonchev–Trinajstić information content (AvgIpc) is 2.29. The highest BCUT2D eigenvalue weighted by Crippen LogP contribution is 2.22. The van der Waals surface area contributed by atoms with Gasteiger partial charge in [0.05, 0.1) is 7.11 Å². The zero-order valence-electron chi connectivity index (χ0n) is 8.94. The Kier molecular flexibility index (Phi) is 4.63. The summed E-state index contributed by atoms with van der Waals surface area (Å²) in [4.78, 5) is 11.1. The van der Waals surface area contributed by atoms with Crippen LogP contribution in [0.3, 0.4) is 0 Å². The van der Waals surface area contributed by atoms with Crippen molar-refractivity contribution in [2.45, 2.75) is 24.6 Å². The van der Waals surface area contributed by atoms with Gasteiger partial charge in [-0.05, 0) is 17.9 Å². The molecule has 0 amide bonds. The van der Waals surface area contributed by atoms with Gasteiger partial charge in [-0.3, -0.25) is 4.79 Å². The minimum atomic E-state index is -0.565. The molecule has 1 aromatic rings. The topological polar surface area (TPSA) is 26.3 Å². The van der Waals surface area contributed by atoms with Crippen LogP contribution in [0.1, 0.15) is 24.8 Å². The average molecular weight is 227 g/mol. The van der Waals surface area contributed by atoms with E-state index in [2.05, 4.69) is 4.74 Å². The molecule has 0 aliphatic heterocycles. The summed E-state index contributed by atoms with van der Waals surface area (Å²) in [6, 6.07) is 9.99. The van der Waals surface area contributed by atoms with Crippen molar-refractivity contribution in [3.8, 4) is 0 Å². The van der Waals surface area contributed by atoms with Gasteiger partial charge in [0.1, 0.15) is 5.38 Å². The molecule has 0 saturated heterocycles. The summed E-state index contributed by atoms with van der Waals surface area (Å²) < 4.78 is 4.58. The van der Waals surface area contributed by atoms with Crippen molar-refractivity contribution in [1.29, 1.82) is 0 Å². The second kappa shape index (κ2) is 5.76. The molecule has 0 aliphatic rings. The Morgan fingerprint density at radius 2 is 2.00 bits per heavy atom. The van der Waals surface area contributed by atoms with E-state index in [0.717, 1.165) is 0 Å². The second-order valence-electron chi connectivity index (χ2n) is 3.54. The van der Waals surface area contributed by atoms with Crippen molar-refractivity contribution in [3.63, 3.8) is 0 Å². The van der Waals surface area contributed by atoms with E-state index in [1.54, 1.807) is 0 Å². The third-order valence-corrected chi connectivity index (χ3v) is 2.74. The predicted molar refractivity (Wildman–Crippen MR) is 61.1 cm³/mol. The third kappa shape index (κ3) is 3.56. The molecule has 0 N–H and O–H groups in total. The number of benzene rings is 1. The normalized spacial score (nSPS) is 14.3. The Morgan fingerprint density at radius 1 is 1.40 bits per heavy atom. The lowest BCUT2D eigenvalue weighted by atomic mass is 9.96. The first-order valence-corrected chi connectivity index (χ1v) is 5.35. The van der Waals surface area contributed by atoms with E-state index in [4.69, 9.17) is 11.6 Å². The quantitative estimate of drug-likeness (QED) is 0.583. The molecule has 0 aliphatic carbocycles. The molecule has 15 heavy (non-hydrogen) atoms. The minimum Gasteiger partial charge on any atom is -0.468 e. The summed E-state index contributed by atoms with van der Waals surface area (Å²) in [7, 11) is 1.35. The number of rotatable bonds is 4. The largest absolute Gasteiger partial charge is 0.468 e. The van der Waals surface area contributed by atoms with Crippen LogP contribution >= 0.6 is 11.6 Å². The van der Waals surface area contributed by atoms with Crippen LogP contribution in [0.25, 0.3) is 0 Å². The molecule has 3 heteroatoms. The second-order valence-corrected chi connectivity index (χ2v) is 4.06. The van der Waals surface area contributed by atoms with Crippen molar-refractivity contribution in [2.24, 2.45) is 0 Å². The third-order valence-electron chi connectivity index (χ3n) is 2.39. The summed E-state index contributed by atoms with van der Waals surface area (Å²) in [6.07, 6.45) is 0.595. The fraction of sp³-hybridized carbons (Fsp3) is 0.417. The van der Waals surface area contributed by atoms with Gasteiger partial charge in [-0.15, -0.1) is 11.6 Å². The molecule has 0 saturated carbocycles. The van der Waals surface area contributed by atoms with E-state index in [1.165, 1.54) is 12.7 Å². The highest BCUT2D eigenvalue weighted by Gasteiger charge is 2.19. The number of carbonyl (C=O) groups is 1. The summed E-state index contributed by atoms with van der Waals surface area (Å²) in [5.74, 6) is -0.104. The molecule has 2 atom stereocenters. The van der Waals surface area contributed by atoms with E-state index in [9.17, 15) is 4.79 Å². The fourth-order valence-corrected chi connectivity index (χ4v) is 1.81. The number of esters is 1. The van der Waals surface area contributed by atoms with Crippen LogP contribution in [0.4, 0.5) is 0 Å². The van der Waals surface area contributed by atoms with Crippen LogP contribution in [0.15, 0.2) is 30.3 Å². The van der Waals surface area contributed by atoms with Gasteiger partial charge in [0.2, 0.25) is 0 Å². The number of hydrogen-bond acceptors (Lipinski definition) is 2. The lowest BCUT2D eigenvalue weighted by molar-refractivity contribution is -0.140. The van der Waals surface area contributed by atoms with Gasteiger partial charge in [-0.25, -0.2) is 0 Å². The number of ether oxygens (including phenoxy) is 1.